The standard InChI is InChI=1S/C28H36O6/c1-20(2)25(29)33-18-16-31-23-12-8-21(9-13-23)28(6,7)22-10-14-24(15-11-22)32-17-19-34-26(30)27(3,4)5/h8-15H,1,16-19H2,2-7H3. The highest BCUT2D eigenvalue weighted by atomic mass is 16.6. The zero-order valence-corrected chi connectivity index (χ0v) is 21.1. The first kappa shape index (κ1) is 27.0. The molecule has 0 aliphatic carbocycles. The lowest BCUT2D eigenvalue weighted by Crippen LogP contribution is -2.24. The molecule has 0 N–H and O–H groups in total. The predicted molar refractivity (Wildman–Crippen MR) is 132 cm³/mol. The molecule has 0 bridgehead atoms. The largest absolute Gasteiger partial charge is 0.490 e. The van der Waals surface area contributed by atoms with Gasteiger partial charge in [-0.1, -0.05) is 44.7 Å². The van der Waals surface area contributed by atoms with Crippen molar-refractivity contribution < 1.29 is 28.5 Å². The number of benzene rings is 2. The molecular formula is C28H36O6. The van der Waals surface area contributed by atoms with Crippen molar-refractivity contribution >= 4 is 11.9 Å². The third-order valence-corrected chi connectivity index (χ3v) is 5.28. The Kier molecular flexibility index (Phi) is 9.30. The minimum Gasteiger partial charge on any atom is -0.490 e. The molecule has 34 heavy (non-hydrogen) atoms. The van der Waals surface area contributed by atoms with Gasteiger partial charge in [-0.3, -0.25) is 4.79 Å². The van der Waals surface area contributed by atoms with Crippen molar-refractivity contribution in [2.75, 3.05) is 26.4 Å². The molecule has 0 atom stereocenters. The van der Waals surface area contributed by atoms with E-state index in [1.54, 1.807) is 6.92 Å². The van der Waals surface area contributed by atoms with E-state index in [1.165, 1.54) is 0 Å². The number of carbonyl (C=O) groups excluding carboxylic acids is 2. The first-order valence-electron chi connectivity index (χ1n) is 11.4. The normalized spacial score (nSPS) is 11.5. The number of hydrogen-bond acceptors (Lipinski definition) is 6. The van der Waals surface area contributed by atoms with Gasteiger partial charge in [-0.05, 0) is 63.1 Å². The van der Waals surface area contributed by atoms with Crippen LogP contribution < -0.4 is 9.47 Å². The van der Waals surface area contributed by atoms with Gasteiger partial charge in [0.15, 0.2) is 0 Å². The second-order valence-electron chi connectivity index (χ2n) is 9.67. The highest BCUT2D eigenvalue weighted by molar-refractivity contribution is 5.86. The Morgan fingerprint density at radius 2 is 1.12 bits per heavy atom. The monoisotopic (exact) mass is 468 g/mol. The van der Waals surface area contributed by atoms with E-state index < -0.39 is 11.4 Å². The molecule has 0 saturated heterocycles. The van der Waals surface area contributed by atoms with Crippen molar-refractivity contribution in [3.63, 3.8) is 0 Å². The van der Waals surface area contributed by atoms with Crippen molar-refractivity contribution in [2.24, 2.45) is 5.41 Å². The predicted octanol–water partition coefficient (Wildman–Crippen LogP) is 5.48. The molecule has 6 nitrogen and oxygen atoms in total. The average molecular weight is 469 g/mol. The average Bonchev–Trinajstić information content (AvgIpc) is 2.79. The molecule has 0 aromatic heterocycles. The first-order valence-corrected chi connectivity index (χ1v) is 11.4. The van der Waals surface area contributed by atoms with Crippen LogP contribution >= 0.6 is 0 Å². The molecule has 2 rings (SSSR count). The minimum atomic E-state index is -0.517. The van der Waals surface area contributed by atoms with Crippen LogP contribution in [0.1, 0.15) is 52.7 Å². The van der Waals surface area contributed by atoms with Crippen LogP contribution in [0.15, 0.2) is 60.7 Å². The molecular weight excluding hydrogens is 432 g/mol. The van der Waals surface area contributed by atoms with Crippen LogP contribution in [0.2, 0.25) is 0 Å². The lowest BCUT2D eigenvalue weighted by Gasteiger charge is -2.26. The van der Waals surface area contributed by atoms with Crippen molar-refractivity contribution in [1.82, 2.24) is 0 Å². The molecule has 184 valence electrons. The van der Waals surface area contributed by atoms with Gasteiger partial charge in [0.05, 0.1) is 5.41 Å². The fourth-order valence-corrected chi connectivity index (χ4v) is 3.03. The third kappa shape index (κ3) is 7.94. The van der Waals surface area contributed by atoms with Gasteiger partial charge in [-0.25, -0.2) is 4.79 Å². The molecule has 0 amide bonds. The first-order chi connectivity index (χ1) is 15.9. The van der Waals surface area contributed by atoms with E-state index in [4.69, 9.17) is 18.9 Å². The molecule has 2 aromatic rings. The van der Waals surface area contributed by atoms with Crippen molar-refractivity contribution in [3.8, 4) is 11.5 Å². The number of hydrogen-bond donors (Lipinski definition) is 0. The van der Waals surface area contributed by atoms with Crippen LogP contribution in [0.3, 0.4) is 0 Å². The molecule has 0 spiro atoms. The minimum absolute atomic E-state index is 0.173. The Morgan fingerprint density at radius 3 is 1.50 bits per heavy atom. The zero-order chi connectivity index (χ0) is 25.4. The molecule has 0 aliphatic heterocycles. The van der Waals surface area contributed by atoms with Crippen LogP contribution in [-0.4, -0.2) is 38.4 Å². The van der Waals surface area contributed by atoms with Gasteiger partial charge in [0.1, 0.15) is 37.9 Å². The maximum absolute atomic E-state index is 11.8. The highest BCUT2D eigenvalue weighted by Crippen LogP contribution is 2.33. The maximum Gasteiger partial charge on any atom is 0.333 e. The van der Waals surface area contributed by atoms with Crippen molar-refractivity contribution in [2.45, 2.75) is 47.0 Å². The SMILES string of the molecule is C=C(C)C(=O)OCCOc1ccc(C(C)(C)c2ccc(OCCOC(=O)C(C)(C)C)cc2)cc1. The van der Waals surface area contributed by atoms with E-state index in [0.717, 1.165) is 16.9 Å². The lowest BCUT2D eigenvalue weighted by molar-refractivity contribution is -0.153. The van der Waals surface area contributed by atoms with Gasteiger partial charge in [-0.2, -0.15) is 0 Å². The summed E-state index contributed by atoms with van der Waals surface area (Å²) in [5.41, 5.74) is 1.90. The van der Waals surface area contributed by atoms with Crippen LogP contribution in [0.5, 0.6) is 11.5 Å². The summed E-state index contributed by atoms with van der Waals surface area (Å²) in [5, 5.41) is 0. The highest BCUT2D eigenvalue weighted by Gasteiger charge is 2.24. The number of esters is 2. The molecule has 0 saturated carbocycles. The van der Waals surface area contributed by atoms with E-state index in [1.807, 2.05) is 69.3 Å². The van der Waals surface area contributed by atoms with Gasteiger partial charge < -0.3 is 18.9 Å². The van der Waals surface area contributed by atoms with Crippen LogP contribution in [0.4, 0.5) is 0 Å². The number of rotatable bonds is 11. The van der Waals surface area contributed by atoms with Crippen LogP contribution in [-0.2, 0) is 24.5 Å². The maximum atomic E-state index is 11.8. The Labute approximate surface area is 202 Å². The van der Waals surface area contributed by atoms with Crippen LogP contribution in [0, 0.1) is 5.41 Å². The molecule has 0 fully saturated rings. The Hall–Kier alpha value is -3.28. The summed E-state index contributed by atoms with van der Waals surface area (Å²) in [4.78, 5) is 23.2. The quantitative estimate of drug-likeness (QED) is 0.247. The molecule has 0 heterocycles. The summed E-state index contributed by atoms with van der Waals surface area (Å²) in [6, 6.07) is 15.8. The summed E-state index contributed by atoms with van der Waals surface area (Å²) in [5.74, 6) is 0.779. The van der Waals surface area contributed by atoms with E-state index in [9.17, 15) is 9.59 Å². The Balaban J connectivity index is 1.87. The molecule has 6 heteroatoms. The van der Waals surface area contributed by atoms with Crippen molar-refractivity contribution in [3.05, 3.63) is 71.8 Å². The molecule has 0 radical (unpaired) electrons. The fourth-order valence-electron chi connectivity index (χ4n) is 3.03. The molecule has 2 aromatic carbocycles. The van der Waals surface area contributed by atoms with Crippen LogP contribution in [0.25, 0.3) is 0 Å². The second-order valence-corrected chi connectivity index (χ2v) is 9.67. The summed E-state index contributed by atoms with van der Waals surface area (Å²) in [7, 11) is 0. The van der Waals surface area contributed by atoms with Crippen molar-refractivity contribution in [1.29, 1.82) is 0 Å². The Morgan fingerprint density at radius 1 is 0.706 bits per heavy atom. The van der Waals surface area contributed by atoms with Gasteiger partial charge in [0.2, 0.25) is 0 Å². The zero-order valence-electron chi connectivity index (χ0n) is 21.1. The summed E-state index contributed by atoms with van der Waals surface area (Å²) >= 11 is 0. The van der Waals surface area contributed by atoms with Gasteiger partial charge in [-0.15, -0.1) is 0 Å². The fraction of sp³-hybridized carbons (Fsp3) is 0.429. The van der Waals surface area contributed by atoms with E-state index >= 15 is 0 Å². The molecule has 0 aliphatic rings. The smallest absolute Gasteiger partial charge is 0.333 e. The van der Waals surface area contributed by atoms with E-state index in [-0.39, 0.29) is 31.2 Å². The van der Waals surface area contributed by atoms with Gasteiger partial charge in [0, 0.05) is 11.0 Å². The van der Waals surface area contributed by atoms with Gasteiger partial charge in [0.25, 0.3) is 0 Å². The number of ether oxygens (including phenoxy) is 4. The van der Waals surface area contributed by atoms with Gasteiger partial charge >= 0.3 is 11.9 Å². The second kappa shape index (κ2) is 11.7. The molecule has 0 unspecified atom stereocenters. The van der Waals surface area contributed by atoms with E-state index in [0.29, 0.717) is 17.9 Å². The number of carbonyl (C=O) groups is 2. The summed E-state index contributed by atoms with van der Waals surface area (Å²) in [6.07, 6.45) is 0. The topological polar surface area (TPSA) is 71.1 Å². The Bertz CT molecular complexity index is 965. The van der Waals surface area contributed by atoms with E-state index in [2.05, 4.69) is 20.4 Å². The summed E-state index contributed by atoms with van der Waals surface area (Å²) < 4.78 is 21.6. The third-order valence-electron chi connectivity index (χ3n) is 5.28. The lowest BCUT2D eigenvalue weighted by atomic mass is 9.78. The summed E-state index contributed by atoms with van der Waals surface area (Å²) in [6.45, 7) is 15.9.